The van der Waals surface area contributed by atoms with Crippen LogP contribution in [0.3, 0.4) is 0 Å². The van der Waals surface area contributed by atoms with E-state index in [9.17, 15) is 14.4 Å². The number of ether oxygens (including phenoxy) is 2. The molecule has 0 saturated heterocycles. The number of benzene rings is 1. The highest BCUT2D eigenvalue weighted by molar-refractivity contribution is 6.14. The molecule has 7 heteroatoms. The fourth-order valence-electron chi connectivity index (χ4n) is 4.44. The highest BCUT2D eigenvalue weighted by atomic mass is 16.6. The van der Waals surface area contributed by atoms with Crippen molar-refractivity contribution in [1.82, 2.24) is 0 Å². The summed E-state index contributed by atoms with van der Waals surface area (Å²) < 4.78 is 15.8. The molecule has 0 N–H and O–H groups in total. The quantitative estimate of drug-likeness (QED) is 0.246. The molecule has 0 radical (unpaired) electrons. The monoisotopic (exact) mass is 411 g/mol. The zero-order valence-electron chi connectivity index (χ0n) is 17.2. The number of anilines is 1. The van der Waals surface area contributed by atoms with Crippen molar-refractivity contribution >= 4 is 28.6 Å². The molecule has 7 nitrogen and oxygen atoms in total. The van der Waals surface area contributed by atoms with E-state index in [1.807, 2.05) is 0 Å². The normalized spacial score (nSPS) is 17.3. The second-order valence-corrected chi connectivity index (χ2v) is 7.48. The average molecular weight is 411 g/mol. The van der Waals surface area contributed by atoms with Gasteiger partial charge in [0.25, 0.3) is 0 Å². The molecule has 1 atom stereocenters. The van der Waals surface area contributed by atoms with Crippen LogP contribution in [0.4, 0.5) is 5.69 Å². The molecule has 158 valence electrons. The lowest BCUT2D eigenvalue weighted by molar-refractivity contribution is -0.146. The van der Waals surface area contributed by atoms with Crippen molar-refractivity contribution in [3.05, 3.63) is 51.4 Å². The summed E-state index contributed by atoms with van der Waals surface area (Å²) in [6, 6.07) is 5.26. The van der Waals surface area contributed by atoms with Gasteiger partial charge in [-0.25, -0.2) is 14.4 Å². The average Bonchev–Trinajstić information content (AvgIpc) is 2.73. The van der Waals surface area contributed by atoms with Crippen molar-refractivity contribution in [2.75, 3.05) is 31.2 Å². The van der Waals surface area contributed by atoms with Crippen LogP contribution in [-0.2, 0) is 25.5 Å². The lowest BCUT2D eigenvalue weighted by Gasteiger charge is -2.39. The third-order valence-electron chi connectivity index (χ3n) is 5.63. The Hall–Kier alpha value is -3.09. The maximum absolute atomic E-state index is 12.5. The minimum Gasteiger partial charge on any atom is -0.462 e. The van der Waals surface area contributed by atoms with Gasteiger partial charge in [0.1, 0.15) is 11.2 Å². The van der Waals surface area contributed by atoms with Gasteiger partial charge in [0.15, 0.2) is 0 Å². The van der Waals surface area contributed by atoms with Crippen molar-refractivity contribution in [1.29, 1.82) is 0 Å². The Morgan fingerprint density at radius 1 is 1.17 bits per heavy atom. The Morgan fingerprint density at radius 2 is 1.90 bits per heavy atom. The minimum atomic E-state index is -0.700. The number of carbonyl (C=O) groups is 2. The number of aryl methyl sites for hydroxylation is 1. The van der Waals surface area contributed by atoms with Crippen molar-refractivity contribution < 1.29 is 23.5 Å². The Morgan fingerprint density at radius 3 is 2.60 bits per heavy atom. The lowest BCUT2D eigenvalue weighted by atomic mass is 9.82. The molecule has 0 aliphatic carbocycles. The summed E-state index contributed by atoms with van der Waals surface area (Å²) in [6.07, 6.45) is 4.32. The third-order valence-corrected chi connectivity index (χ3v) is 5.63. The molecular formula is C23H25NO6. The standard InChI is InChI=1S/C23H25NO6/c1-3-28-22(26)17(23(27)29-4-2)13-14-9-11-24-10-5-6-15-12-16-7-8-18(25)30-21(16)19(14)20(15)24/h7-8,12-14H,3-6,9-11H2,1-2H3. The molecule has 1 unspecified atom stereocenters. The van der Waals surface area contributed by atoms with Crippen LogP contribution in [0, 0.1) is 0 Å². The summed E-state index contributed by atoms with van der Waals surface area (Å²) in [4.78, 5) is 39.3. The lowest BCUT2D eigenvalue weighted by Crippen LogP contribution is -2.36. The van der Waals surface area contributed by atoms with E-state index in [2.05, 4.69) is 11.0 Å². The molecule has 3 heterocycles. The van der Waals surface area contributed by atoms with E-state index in [0.29, 0.717) is 12.0 Å². The van der Waals surface area contributed by atoms with Crippen LogP contribution in [0.5, 0.6) is 0 Å². The number of nitrogens with zero attached hydrogens (tertiary/aromatic N) is 1. The molecular weight excluding hydrogens is 386 g/mol. The fraction of sp³-hybridized carbons (Fsp3) is 0.435. The number of rotatable bonds is 5. The van der Waals surface area contributed by atoms with Crippen molar-refractivity contribution in [3.8, 4) is 0 Å². The minimum absolute atomic E-state index is 0.114. The number of hydrogen-bond donors (Lipinski definition) is 0. The van der Waals surface area contributed by atoms with Gasteiger partial charge >= 0.3 is 17.6 Å². The largest absolute Gasteiger partial charge is 0.462 e. The summed E-state index contributed by atoms with van der Waals surface area (Å²) in [7, 11) is 0. The Labute approximate surface area is 174 Å². The molecule has 2 aliphatic heterocycles. The molecule has 2 aromatic rings. The molecule has 0 saturated carbocycles. The maximum Gasteiger partial charge on any atom is 0.345 e. The van der Waals surface area contributed by atoms with Gasteiger partial charge < -0.3 is 18.8 Å². The van der Waals surface area contributed by atoms with Gasteiger partial charge in [-0.1, -0.05) is 6.08 Å². The van der Waals surface area contributed by atoms with Crippen LogP contribution >= 0.6 is 0 Å². The van der Waals surface area contributed by atoms with Crippen LogP contribution in [-0.4, -0.2) is 38.2 Å². The highest BCUT2D eigenvalue weighted by Crippen LogP contribution is 2.45. The van der Waals surface area contributed by atoms with Gasteiger partial charge in [0.05, 0.1) is 13.2 Å². The molecule has 0 amide bonds. The smallest absolute Gasteiger partial charge is 0.345 e. The number of esters is 2. The highest BCUT2D eigenvalue weighted by Gasteiger charge is 2.33. The van der Waals surface area contributed by atoms with E-state index in [-0.39, 0.29) is 24.7 Å². The number of hydrogen-bond acceptors (Lipinski definition) is 7. The summed E-state index contributed by atoms with van der Waals surface area (Å²) >= 11 is 0. The Kier molecular flexibility index (Phi) is 5.61. The molecule has 30 heavy (non-hydrogen) atoms. The SMILES string of the molecule is CCOC(=O)C(=CC1CCN2CCCc3cc4ccc(=O)oc4c1c32)C(=O)OCC. The predicted molar refractivity (Wildman–Crippen MR) is 112 cm³/mol. The van der Waals surface area contributed by atoms with E-state index in [1.54, 1.807) is 26.0 Å². The topological polar surface area (TPSA) is 86.0 Å². The fourth-order valence-corrected chi connectivity index (χ4v) is 4.44. The van der Waals surface area contributed by atoms with Crippen LogP contribution in [0.2, 0.25) is 0 Å². The van der Waals surface area contributed by atoms with Crippen LogP contribution < -0.4 is 10.5 Å². The van der Waals surface area contributed by atoms with E-state index < -0.39 is 17.6 Å². The van der Waals surface area contributed by atoms with Crippen LogP contribution in [0.25, 0.3) is 11.0 Å². The first-order valence-corrected chi connectivity index (χ1v) is 10.4. The van der Waals surface area contributed by atoms with Crippen LogP contribution in [0.15, 0.2) is 39.1 Å². The first-order chi connectivity index (χ1) is 14.5. The molecule has 1 aromatic carbocycles. The second kappa shape index (κ2) is 8.34. The zero-order chi connectivity index (χ0) is 21.3. The molecule has 1 aromatic heterocycles. The Balaban J connectivity index is 1.91. The number of allylic oxidation sites excluding steroid dienone is 1. The molecule has 0 spiro atoms. The molecule has 2 aliphatic rings. The molecule has 0 bridgehead atoms. The van der Waals surface area contributed by atoms with E-state index in [1.165, 1.54) is 11.6 Å². The van der Waals surface area contributed by atoms with Crippen LogP contribution in [0.1, 0.15) is 43.7 Å². The van der Waals surface area contributed by atoms with Gasteiger partial charge in [-0.2, -0.15) is 0 Å². The van der Waals surface area contributed by atoms with Crippen molar-refractivity contribution in [2.24, 2.45) is 0 Å². The van der Waals surface area contributed by atoms with E-state index in [4.69, 9.17) is 13.9 Å². The summed E-state index contributed by atoms with van der Waals surface area (Å²) in [5, 5.41) is 0.847. The first-order valence-electron chi connectivity index (χ1n) is 10.4. The molecule has 0 fully saturated rings. The van der Waals surface area contributed by atoms with Gasteiger partial charge in [-0.05, 0) is 50.8 Å². The second-order valence-electron chi connectivity index (χ2n) is 7.48. The zero-order valence-corrected chi connectivity index (χ0v) is 17.2. The van der Waals surface area contributed by atoms with Gasteiger partial charge in [-0.3, -0.25) is 0 Å². The van der Waals surface area contributed by atoms with Crippen molar-refractivity contribution in [3.63, 3.8) is 0 Å². The summed E-state index contributed by atoms with van der Waals surface area (Å²) in [5.74, 6) is -1.67. The van der Waals surface area contributed by atoms with Crippen molar-refractivity contribution in [2.45, 2.75) is 39.0 Å². The number of carbonyl (C=O) groups excluding carboxylic acids is 2. The van der Waals surface area contributed by atoms with Gasteiger partial charge in [0, 0.05) is 41.7 Å². The van der Waals surface area contributed by atoms with Gasteiger partial charge in [0.2, 0.25) is 0 Å². The summed E-state index contributed by atoms with van der Waals surface area (Å²) in [6.45, 7) is 5.42. The summed E-state index contributed by atoms with van der Waals surface area (Å²) in [5.41, 5.74) is 3.09. The third kappa shape index (κ3) is 3.60. The predicted octanol–water partition coefficient (Wildman–Crippen LogP) is 3.09. The Bertz CT molecular complexity index is 1060. The van der Waals surface area contributed by atoms with E-state index in [0.717, 1.165) is 42.6 Å². The maximum atomic E-state index is 12.5. The number of fused-ring (bicyclic) bond motifs is 2. The van der Waals surface area contributed by atoms with Gasteiger partial charge in [-0.15, -0.1) is 0 Å². The first kappa shape index (κ1) is 20.2. The molecule has 4 rings (SSSR count). The van der Waals surface area contributed by atoms with E-state index >= 15 is 0 Å².